The minimum Gasteiger partial charge on any atom is -0.338 e. The average molecular weight is 468 g/mol. The van der Waals surface area contributed by atoms with Crippen LogP contribution in [0.1, 0.15) is 25.3 Å². The quantitative estimate of drug-likeness (QED) is 0.647. The summed E-state index contributed by atoms with van der Waals surface area (Å²) in [5.74, 6) is -0.337. The van der Waals surface area contributed by atoms with E-state index in [4.69, 9.17) is 11.6 Å². The number of piperidine rings is 1. The van der Waals surface area contributed by atoms with Crippen molar-refractivity contribution in [3.05, 3.63) is 64.9 Å². The second-order valence-electron chi connectivity index (χ2n) is 7.66. The van der Waals surface area contributed by atoms with Crippen LogP contribution in [0.4, 0.5) is 4.39 Å². The SMILES string of the molecule is CCN(Cc1cccc(F)c1)C(=O)CN1CCC(NS(=O)(=O)c2ccc(Cl)cc2)CC1. The smallest absolute Gasteiger partial charge is 0.240 e. The van der Waals surface area contributed by atoms with E-state index in [9.17, 15) is 17.6 Å². The molecule has 2 aromatic carbocycles. The van der Waals surface area contributed by atoms with E-state index in [0.29, 0.717) is 44.0 Å². The van der Waals surface area contributed by atoms with Gasteiger partial charge in [-0.15, -0.1) is 0 Å². The highest BCUT2D eigenvalue weighted by atomic mass is 35.5. The Kier molecular flexibility index (Phi) is 8.05. The average Bonchev–Trinajstić information content (AvgIpc) is 2.73. The Labute approximate surface area is 188 Å². The molecule has 1 saturated heterocycles. The van der Waals surface area contributed by atoms with Crippen LogP contribution in [-0.4, -0.2) is 56.3 Å². The number of halogens is 2. The zero-order valence-electron chi connectivity index (χ0n) is 17.4. The Morgan fingerprint density at radius 3 is 2.48 bits per heavy atom. The first-order valence-corrected chi connectivity index (χ1v) is 12.2. The van der Waals surface area contributed by atoms with E-state index in [0.717, 1.165) is 5.56 Å². The third-order valence-electron chi connectivity index (χ3n) is 5.39. The van der Waals surface area contributed by atoms with E-state index < -0.39 is 10.0 Å². The molecular formula is C22H27ClFN3O3S. The second kappa shape index (κ2) is 10.5. The molecule has 0 spiro atoms. The number of nitrogens with one attached hydrogen (secondary N) is 1. The van der Waals surface area contributed by atoms with Gasteiger partial charge >= 0.3 is 0 Å². The molecular weight excluding hydrogens is 441 g/mol. The summed E-state index contributed by atoms with van der Waals surface area (Å²) in [6.45, 7) is 4.31. The van der Waals surface area contributed by atoms with Crippen LogP contribution in [0.15, 0.2) is 53.4 Å². The lowest BCUT2D eigenvalue weighted by Crippen LogP contribution is -2.47. The van der Waals surface area contributed by atoms with Crippen molar-refractivity contribution in [2.24, 2.45) is 0 Å². The zero-order chi connectivity index (χ0) is 22.4. The number of carbonyl (C=O) groups is 1. The Bertz CT molecular complexity index is 993. The van der Waals surface area contributed by atoms with Gasteiger partial charge in [-0.2, -0.15) is 0 Å². The predicted molar refractivity (Wildman–Crippen MR) is 119 cm³/mol. The molecule has 1 N–H and O–H groups in total. The molecule has 0 bridgehead atoms. The maximum Gasteiger partial charge on any atom is 0.240 e. The van der Waals surface area contributed by atoms with Crippen molar-refractivity contribution in [3.63, 3.8) is 0 Å². The van der Waals surface area contributed by atoms with Gasteiger partial charge in [0.2, 0.25) is 15.9 Å². The first-order chi connectivity index (χ1) is 14.8. The standard InChI is InChI=1S/C22H27ClFN3O3S/c1-2-27(15-17-4-3-5-19(24)14-17)22(28)16-26-12-10-20(11-13-26)25-31(29,30)21-8-6-18(23)7-9-21/h3-9,14,20,25H,2,10-13,15-16H2,1H3. The van der Waals surface area contributed by atoms with Crippen molar-refractivity contribution in [3.8, 4) is 0 Å². The molecule has 1 heterocycles. The fourth-order valence-corrected chi connectivity index (χ4v) is 5.06. The number of likely N-dealkylation sites (tertiary alicyclic amines) is 1. The lowest BCUT2D eigenvalue weighted by atomic mass is 10.1. The molecule has 0 aliphatic carbocycles. The van der Waals surface area contributed by atoms with Gasteiger partial charge in [-0.25, -0.2) is 17.5 Å². The molecule has 31 heavy (non-hydrogen) atoms. The van der Waals surface area contributed by atoms with Crippen molar-refractivity contribution >= 4 is 27.5 Å². The second-order valence-corrected chi connectivity index (χ2v) is 9.81. The summed E-state index contributed by atoms with van der Waals surface area (Å²) in [6, 6.07) is 12.1. The molecule has 6 nitrogen and oxygen atoms in total. The van der Waals surface area contributed by atoms with E-state index in [1.807, 2.05) is 11.8 Å². The van der Waals surface area contributed by atoms with Gasteiger partial charge in [-0.1, -0.05) is 23.7 Å². The molecule has 1 aliphatic rings. The van der Waals surface area contributed by atoms with E-state index in [-0.39, 0.29) is 29.2 Å². The van der Waals surface area contributed by atoms with Crippen molar-refractivity contribution in [1.82, 2.24) is 14.5 Å². The number of amides is 1. The van der Waals surface area contributed by atoms with Gasteiger partial charge in [0, 0.05) is 37.2 Å². The predicted octanol–water partition coefficient (Wildman–Crippen LogP) is 3.27. The van der Waals surface area contributed by atoms with Gasteiger partial charge in [0.15, 0.2) is 0 Å². The number of sulfonamides is 1. The molecule has 0 saturated carbocycles. The summed E-state index contributed by atoms with van der Waals surface area (Å²) >= 11 is 5.83. The van der Waals surface area contributed by atoms with Crippen molar-refractivity contribution in [2.45, 2.75) is 37.2 Å². The monoisotopic (exact) mass is 467 g/mol. The summed E-state index contributed by atoms with van der Waals surface area (Å²) in [5.41, 5.74) is 0.755. The third kappa shape index (κ3) is 6.74. The first kappa shape index (κ1) is 23.7. The van der Waals surface area contributed by atoms with Gasteiger partial charge in [-0.05, 0) is 61.7 Å². The van der Waals surface area contributed by atoms with Crippen LogP contribution in [0.25, 0.3) is 0 Å². The van der Waals surface area contributed by atoms with Gasteiger partial charge in [-0.3, -0.25) is 9.69 Å². The number of rotatable bonds is 8. The van der Waals surface area contributed by atoms with E-state index in [1.54, 1.807) is 29.2 Å². The van der Waals surface area contributed by atoms with Crippen molar-refractivity contribution < 1.29 is 17.6 Å². The maximum atomic E-state index is 13.4. The number of hydrogen-bond acceptors (Lipinski definition) is 4. The summed E-state index contributed by atoms with van der Waals surface area (Å²) < 4.78 is 41.2. The van der Waals surface area contributed by atoms with Crippen LogP contribution in [0.5, 0.6) is 0 Å². The highest BCUT2D eigenvalue weighted by Crippen LogP contribution is 2.17. The lowest BCUT2D eigenvalue weighted by Gasteiger charge is -2.33. The van der Waals surface area contributed by atoms with Crippen LogP contribution in [-0.2, 0) is 21.4 Å². The maximum absolute atomic E-state index is 13.4. The van der Waals surface area contributed by atoms with E-state index in [2.05, 4.69) is 4.72 Å². The summed E-state index contributed by atoms with van der Waals surface area (Å²) in [6.07, 6.45) is 1.24. The van der Waals surface area contributed by atoms with Crippen molar-refractivity contribution in [1.29, 1.82) is 0 Å². The zero-order valence-corrected chi connectivity index (χ0v) is 19.0. The summed E-state index contributed by atoms with van der Waals surface area (Å²) in [7, 11) is -3.61. The van der Waals surface area contributed by atoms with E-state index >= 15 is 0 Å². The Morgan fingerprint density at radius 2 is 1.87 bits per heavy atom. The largest absolute Gasteiger partial charge is 0.338 e. The topological polar surface area (TPSA) is 69.7 Å². The molecule has 0 aromatic heterocycles. The number of carbonyl (C=O) groups excluding carboxylic acids is 1. The van der Waals surface area contributed by atoms with Crippen LogP contribution in [0, 0.1) is 5.82 Å². The van der Waals surface area contributed by atoms with Crippen LogP contribution in [0.3, 0.4) is 0 Å². The lowest BCUT2D eigenvalue weighted by molar-refractivity contribution is -0.133. The molecule has 1 aliphatic heterocycles. The van der Waals surface area contributed by atoms with Gasteiger partial charge in [0.25, 0.3) is 0 Å². The number of hydrogen-bond donors (Lipinski definition) is 1. The first-order valence-electron chi connectivity index (χ1n) is 10.3. The minimum atomic E-state index is -3.61. The molecule has 9 heteroatoms. The van der Waals surface area contributed by atoms with Crippen LogP contribution < -0.4 is 4.72 Å². The molecule has 168 valence electrons. The fraction of sp³-hybridized carbons (Fsp3) is 0.409. The summed E-state index contributed by atoms with van der Waals surface area (Å²) in [4.78, 5) is 16.6. The van der Waals surface area contributed by atoms with Crippen LogP contribution >= 0.6 is 11.6 Å². The molecule has 2 aromatic rings. The Balaban J connectivity index is 1.49. The number of likely N-dealkylation sites (N-methyl/N-ethyl adjacent to an activating group) is 1. The summed E-state index contributed by atoms with van der Waals surface area (Å²) in [5, 5.41) is 0.482. The minimum absolute atomic E-state index is 0.0213. The van der Waals surface area contributed by atoms with Crippen molar-refractivity contribution in [2.75, 3.05) is 26.2 Å². The molecule has 0 radical (unpaired) electrons. The normalized spacial score (nSPS) is 15.7. The number of benzene rings is 2. The Morgan fingerprint density at radius 1 is 1.19 bits per heavy atom. The molecule has 3 rings (SSSR count). The highest BCUT2D eigenvalue weighted by molar-refractivity contribution is 7.89. The van der Waals surface area contributed by atoms with Gasteiger partial charge in [0.05, 0.1) is 11.4 Å². The molecule has 1 amide bonds. The fourth-order valence-electron chi connectivity index (χ4n) is 3.63. The Hall–Kier alpha value is -2.00. The van der Waals surface area contributed by atoms with E-state index in [1.165, 1.54) is 24.3 Å². The molecule has 1 fully saturated rings. The van der Waals surface area contributed by atoms with Gasteiger partial charge < -0.3 is 4.90 Å². The third-order valence-corrected chi connectivity index (χ3v) is 7.18. The van der Waals surface area contributed by atoms with Gasteiger partial charge in [0.1, 0.15) is 5.82 Å². The molecule has 0 atom stereocenters. The highest BCUT2D eigenvalue weighted by Gasteiger charge is 2.26. The van der Waals surface area contributed by atoms with Crippen LogP contribution in [0.2, 0.25) is 5.02 Å². The molecule has 0 unspecified atom stereocenters. The number of nitrogens with zero attached hydrogens (tertiary/aromatic N) is 2.